The second-order valence-corrected chi connectivity index (χ2v) is 3.69. The van der Waals surface area contributed by atoms with E-state index in [4.69, 9.17) is 10.2 Å². The van der Waals surface area contributed by atoms with E-state index in [9.17, 15) is 4.79 Å². The minimum Gasteiger partial charge on any atom is -0.432 e. The molecule has 0 bridgehead atoms. The Kier molecular flexibility index (Phi) is 3.85. The van der Waals surface area contributed by atoms with Crippen LogP contribution in [0.25, 0.3) is 0 Å². The fourth-order valence-electron chi connectivity index (χ4n) is 1.11. The lowest BCUT2D eigenvalue weighted by Crippen LogP contribution is -2.40. The van der Waals surface area contributed by atoms with Crippen LogP contribution in [0.4, 0.5) is 6.01 Å². The second-order valence-electron chi connectivity index (χ2n) is 3.69. The molecule has 2 atom stereocenters. The molecule has 0 aromatic carbocycles. The number of aryl methyl sites for hydroxylation is 1. The Hall–Kier alpha value is -1.36. The molecule has 1 amide bonds. The maximum absolute atomic E-state index is 11.6. The lowest BCUT2D eigenvalue weighted by atomic mass is 10.00. The number of amides is 1. The van der Waals surface area contributed by atoms with Gasteiger partial charge in [0, 0.05) is 0 Å². The van der Waals surface area contributed by atoms with Crippen LogP contribution in [0.3, 0.4) is 0 Å². The Morgan fingerprint density at radius 3 is 2.87 bits per heavy atom. The number of carbonyl (C=O) groups excluding carboxylic acids is 1. The van der Waals surface area contributed by atoms with Crippen LogP contribution in [-0.4, -0.2) is 16.9 Å². The molecule has 1 aromatic rings. The average Bonchev–Trinajstić information content (AvgIpc) is 2.61. The highest BCUT2D eigenvalue weighted by Gasteiger charge is 2.20. The monoisotopic (exact) mass is 211 g/mol. The van der Waals surface area contributed by atoms with Crippen LogP contribution in [0.1, 0.15) is 26.0 Å². The molecule has 15 heavy (non-hydrogen) atoms. The van der Waals surface area contributed by atoms with Gasteiger partial charge in [0.05, 0.1) is 11.7 Å². The first kappa shape index (κ1) is 11.7. The van der Waals surface area contributed by atoms with Crippen molar-refractivity contribution in [3.63, 3.8) is 0 Å². The van der Waals surface area contributed by atoms with Crippen LogP contribution in [0.2, 0.25) is 0 Å². The maximum Gasteiger partial charge on any atom is 0.301 e. The van der Waals surface area contributed by atoms with E-state index in [1.165, 1.54) is 6.26 Å². The van der Waals surface area contributed by atoms with Crippen LogP contribution in [0.5, 0.6) is 0 Å². The molecule has 0 aliphatic rings. The summed E-state index contributed by atoms with van der Waals surface area (Å²) >= 11 is 0. The van der Waals surface area contributed by atoms with Crippen molar-refractivity contribution >= 4 is 11.9 Å². The number of hydrogen-bond donors (Lipinski definition) is 2. The standard InChI is InChI=1S/C10H17N3O2/c1-4-6(2)8(11)9(14)13-10-12-7(3)5-15-10/h5-6,8H,4,11H2,1-3H3,(H,12,13,14). The third-order valence-electron chi connectivity index (χ3n) is 2.41. The molecule has 2 unspecified atom stereocenters. The van der Waals surface area contributed by atoms with E-state index < -0.39 is 6.04 Å². The molecule has 0 saturated heterocycles. The molecule has 3 N–H and O–H groups in total. The number of nitrogens with zero attached hydrogens (tertiary/aromatic N) is 1. The number of nitrogens with one attached hydrogen (secondary N) is 1. The molecule has 0 aliphatic heterocycles. The number of rotatable bonds is 4. The van der Waals surface area contributed by atoms with E-state index in [-0.39, 0.29) is 17.8 Å². The van der Waals surface area contributed by atoms with Crippen LogP contribution < -0.4 is 11.1 Å². The van der Waals surface area contributed by atoms with Gasteiger partial charge >= 0.3 is 6.01 Å². The van der Waals surface area contributed by atoms with Gasteiger partial charge in [0.25, 0.3) is 0 Å². The number of aromatic nitrogens is 1. The van der Waals surface area contributed by atoms with Gasteiger partial charge < -0.3 is 10.2 Å². The lowest BCUT2D eigenvalue weighted by Gasteiger charge is -2.16. The molecule has 0 spiro atoms. The van der Waals surface area contributed by atoms with Gasteiger partial charge in [-0.15, -0.1) is 0 Å². The second kappa shape index (κ2) is 4.93. The zero-order valence-electron chi connectivity index (χ0n) is 9.28. The van der Waals surface area contributed by atoms with Gasteiger partial charge in [-0.05, 0) is 12.8 Å². The molecule has 0 fully saturated rings. The topological polar surface area (TPSA) is 81.2 Å². The Bertz CT molecular complexity index is 335. The summed E-state index contributed by atoms with van der Waals surface area (Å²) in [5, 5.41) is 2.54. The number of nitrogens with two attached hydrogens (primary N) is 1. The summed E-state index contributed by atoms with van der Waals surface area (Å²) in [7, 11) is 0. The number of oxazole rings is 1. The highest BCUT2D eigenvalue weighted by molar-refractivity contribution is 5.93. The predicted molar refractivity (Wildman–Crippen MR) is 57.3 cm³/mol. The minimum absolute atomic E-state index is 0.140. The zero-order valence-corrected chi connectivity index (χ0v) is 9.28. The van der Waals surface area contributed by atoms with E-state index >= 15 is 0 Å². The van der Waals surface area contributed by atoms with Crippen molar-refractivity contribution in [1.29, 1.82) is 0 Å². The predicted octanol–water partition coefficient (Wildman–Crippen LogP) is 1.29. The van der Waals surface area contributed by atoms with Gasteiger partial charge in [-0.3, -0.25) is 10.1 Å². The number of anilines is 1. The molecule has 1 aromatic heterocycles. The van der Waals surface area contributed by atoms with E-state index in [0.29, 0.717) is 0 Å². The fourth-order valence-corrected chi connectivity index (χ4v) is 1.11. The van der Waals surface area contributed by atoms with E-state index in [1.54, 1.807) is 6.92 Å². The van der Waals surface area contributed by atoms with Crippen molar-refractivity contribution in [3.05, 3.63) is 12.0 Å². The van der Waals surface area contributed by atoms with Gasteiger partial charge in [-0.25, -0.2) is 0 Å². The molecule has 0 radical (unpaired) electrons. The summed E-state index contributed by atoms with van der Waals surface area (Å²) in [6.07, 6.45) is 2.34. The van der Waals surface area contributed by atoms with Crippen LogP contribution >= 0.6 is 0 Å². The third kappa shape index (κ3) is 3.06. The smallest absolute Gasteiger partial charge is 0.301 e. The van der Waals surface area contributed by atoms with Crippen molar-refractivity contribution in [2.75, 3.05) is 5.32 Å². The first-order chi connectivity index (χ1) is 7.04. The zero-order chi connectivity index (χ0) is 11.4. The van der Waals surface area contributed by atoms with Gasteiger partial charge in [-0.2, -0.15) is 4.98 Å². The largest absolute Gasteiger partial charge is 0.432 e. The highest BCUT2D eigenvalue weighted by Crippen LogP contribution is 2.10. The van der Waals surface area contributed by atoms with Crippen molar-refractivity contribution in [1.82, 2.24) is 4.98 Å². The molecule has 1 heterocycles. The Morgan fingerprint density at radius 2 is 2.40 bits per heavy atom. The average molecular weight is 211 g/mol. The van der Waals surface area contributed by atoms with Gasteiger partial charge in [-0.1, -0.05) is 20.3 Å². The Balaban J connectivity index is 2.55. The van der Waals surface area contributed by atoms with Crippen molar-refractivity contribution < 1.29 is 9.21 Å². The van der Waals surface area contributed by atoms with Gasteiger partial charge in [0.2, 0.25) is 5.91 Å². The maximum atomic E-state index is 11.6. The van der Waals surface area contributed by atoms with Crippen LogP contribution in [0, 0.1) is 12.8 Å². The first-order valence-corrected chi connectivity index (χ1v) is 5.03. The highest BCUT2D eigenvalue weighted by atomic mass is 16.4. The summed E-state index contributed by atoms with van der Waals surface area (Å²) in [6.45, 7) is 5.71. The SMILES string of the molecule is CCC(C)C(N)C(=O)Nc1nc(C)co1. The Morgan fingerprint density at radius 1 is 1.73 bits per heavy atom. The first-order valence-electron chi connectivity index (χ1n) is 5.03. The molecule has 5 heteroatoms. The Labute approximate surface area is 89.1 Å². The van der Waals surface area contributed by atoms with E-state index in [0.717, 1.165) is 12.1 Å². The van der Waals surface area contributed by atoms with Crippen molar-refractivity contribution in [2.24, 2.45) is 11.7 Å². The summed E-state index contributed by atoms with van der Waals surface area (Å²) in [5.41, 5.74) is 6.47. The molecular formula is C10H17N3O2. The van der Waals surface area contributed by atoms with Crippen LogP contribution in [-0.2, 0) is 4.79 Å². The summed E-state index contributed by atoms with van der Waals surface area (Å²) in [4.78, 5) is 15.5. The van der Waals surface area contributed by atoms with Crippen molar-refractivity contribution in [2.45, 2.75) is 33.2 Å². The van der Waals surface area contributed by atoms with E-state index in [2.05, 4.69) is 10.3 Å². The summed E-state index contributed by atoms with van der Waals surface area (Å²) < 4.78 is 5.00. The van der Waals surface area contributed by atoms with E-state index in [1.807, 2.05) is 13.8 Å². The molecule has 5 nitrogen and oxygen atoms in total. The number of hydrogen-bond acceptors (Lipinski definition) is 4. The summed E-state index contributed by atoms with van der Waals surface area (Å²) in [6, 6.07) is -0.321. The van der Waals surface area contributed by atoms with Crippen LogP contribution in [0.15, 0.2) is 10.7 Å². The third-order valence-corrected chi connectivity index (χ3v) is 2.41. The molecular weight excluding hydrogens is 194 g/mol. The van der Waals surface area contributed by atoms with Gasteiger partial charge in [0.1, 0.15) is 6.26 Å². The molecule has 1 rings (SSSR count). The lowest BCUT2D eigenvalue weighted by molar-refractivity contribution is -0.118. The number of carbonyl (C=O) groups is 1. The fraction of sp³-hybridized carbons (Fsp3) is 0.600. The summed E-state index contributed by atoms with van der Waals surface area (Å²) in [5.74, 6) is -0.118. The molecule has 0 aliphatic carbocycles. The normalized spacial score (nSPS) is 14.7. The van der Waals surface area contributed by atoms with Gasteiger partial charge in [0.15, 0.2) is 0 Å². The molecule has 84 valence electrons. The molecule has 0 saturated carbocycles. The van der Waals surface area contributed by atoms with Crippen molar-refractivity contribution in [3.8, 4) is 0 Å². The minimum atomic E-state index is -0.526. The quantitative estimate of drug-likeness (QED) is 0.786.